The summed E-state index contributed by atoms with van der Waals surface area (Å²) in [6.07, 6.45) is 0. The summed E-state index contributed by atoms with van der Waals surface area (Å²) in [5.74, 6) is -0.0832. The van der Waals surface area contributed by atoms with Crippen LogP contribution in [0.2, 0.25) is 0 Å². The number of piperazine rings is 1. The van der Waals surface area contributed by atoms with Gasteiger partial charge in [-0.15, -0.1) is 0 Å². The van der Waals surface area contributed by atoms with Crippen LogP contribution in [-0.4, -0.2) is 55.8 Å². The number of anilines is 1. The smallest absolute Gasteiger partial charge is 0.243 e. The monoisotopic (exact) mass is 437 g/mol. The predicted molar refractivity (Wildman–Crippen MR) is 124 cm³/mol. The summed E-state index contributed by atoms with van der Waals surface area (Å²) in [4.78, 5) is 15.0. The molecular formula is C24H27N3O3S. The van der Waals surface area contributed by atoms with Gasteiger partial charge in [-0.25, -0.2) is 8.42 Å². The Hall–Kier alpha value is -2.74. The average molecular weight is 438 g/mol. The van der Waals surface area contributed by atoms with Crippen LogP contribution in [0.25, 0.3) is 10.8 Å². The van der Waals surface area contributed by atoms with E-state index < -0.39 is 10.0 Å². The van der Waals surface area contributed by atoms with E-state index in [-0.39, 0.29) is 11.9 Å². The van der Waals surface area contributed by atoms with E-state index in [9.17, 15) is 13.2 Å². The summed E-state index contributed by atoms with van der Waals surface area (Å²) in [6.45, 7) is 5.55. The van der Waals surface area contributed by atoms with Gasteiger partial charge >= 0.3 is 0 Å². The number of sulfonamides is 1. The fraction of sp³-hybridized carbons (Fsp3) is 0.292. The summed E-state index contributed by atoms with van der Waals surface area (Å²) in [5.41, 5.74) is 1.81. The molecule has 0 bridgehead atoms. The second-order valence-corrected chi connectivity index (χ2v) is 9.87. The summed E-state index contributed by atoms with van der Waals surface area (Å²) >= 11 is 0. The maximum absolute atomic E-state index is 13.1. The van der Waals surface area contributed by atoms with E-state index >= 15 is 0 Å². The third-order valence-electron chi connectivity index (χ3n) is 5.96. The highest BCUT2D eigenvalue weighted by molar-refractivity contribution is 7.89. The molecule has 3 aromatic rings. The van der Waals surface area contributed by atoms with Crippen molar-refractivity contribution in [3.05, 3.63) is 72.3 Å². The van der Waals surface area contributed by atoms with Crippen LogP contribution in [-0.2, 0) is 14.8 Å². The minimum absolute atomic E-state index is 0.0832. The predicted octanol–water partition coefficient (Wildman–Crippen LogP) is 3.48. The van der Waals surface area contributed by atoms with Crippen molar-refractivity contribution in [2.45, 2.75) is 24.8 Å². The maximum atomic E-state index is 13.1. The Bertz CT molecular complexity index is 1200. The molecule has 0 spiro atoms. The number of fused-ring (bicyclic) bond motifs is 1. The molecule has 1 atom stereocenters. The topological polar surface area (TPSA) is 69.7 Å². The van der Waals surface area contributed by atoms with Gasteiger partial charge in [-0.2, -0.15) is 4.31 Å². The van der Waals surface area contributed by atoms with Crippen molar-refractivity contribution in [3.63, 3.8) is 0 Å². The number of carbonyl (C=O) groups is 1. The normalized spacial score (nSPS) is 16.8. The first-order valence-electron chi connectivity index (χ1n) is 10.5. The lowest BCUT2D eigenvalue weighted by molar-refractivity contribution is -0.121. The van der Waals surface area contributed by atoms with Gasteiger partial charge in [-0.1, -0.05) is 48.5 Å². The first kappa shape index (κ1) is 21.5. The fourth-order valence-electron chi connectivity index (χ4n) is 3.92. The molecule has 3 aromatic carbocycles. The summed E-state index contributed by atoms with van der Waals surface area (Å²) in [7, 11) is -3.57. The van der Waals surface area contributed by atoms with Crippen molar-refractivity contribution in [3.8, 4) is 0 Å². The van der Waals surface area contributed by atoms with Gasteiger partial charge in [0.25, 0.3) is 0 Å². The van der Waals surface area contributed by atoms with Crippen LogP contribution in [0.4, 0.5) is 5.69 Å². The lowest BCUT2D eigenvalue weighted by Gasteiger charge is -2.36. The van der Waals surface area contributed by atoms with Gasteiger partial charge in [-0.3, -0.25) is 9.69 Å². The van der Waals surface area contributed by atoms with Gasteiger partial charge in [0.05, 0.1) is 10.9 Å². The number of nitrogens with zero attached hydrogens (tertiary/aromatic N) is 2. The molecule has 1 aliphatic heterocycles. The first-order valence-corrected chi connectivity index (χ1v) is 11.9. The van der Waals surface area contributed by atoms with E-state index in [1.54, 1.807) is 12.1 Å². The summed E-state index contributed by atoms with van der Waals surface area (Å²) in [5, 5.41) is 4.90. The summed E-state index contributed by atoms with van der Waals surface area (Å²) < 4.78 is 27.8. The van der Waals surface area contributed by atoms with Gasteiger partial charge < -0.3 is 5.32 Å². The molecule has 1 aliphatic rings. The molecule has 0 radical (unpaired) electrons. The molecule has 7 heteroatoms. The average Bonchev–Trinajstić information content (AvgIpc) is 2.79. The molecular weight excluding hydrogens is 410 g/mol. The Morgan fingerprint density at radius 1 is 0.903 bits per heavy atom. The van der Waals surface area contributed by atoms with E-state index in [1.807, 2.05) is 73.3 Å². The van der Waals surface area contributed by atoms with Crippen LogP contribution in [0.15, 0.2) is 71.6 Å². The zero-order valence-electron chi connectivity index (χ0n) is 17.8. The maximum Gasteiger partial charge on any atom is 0.243 e. The molecule has 1 fully saturated rings. The Morgan fingerprint density at radius 2 is 1.55 bits per heavy atom. The van der Waals surface area contributed by atoms with Crippen molar-refractivity contribution in [2.75, 3.05) is 31.5 Å². The van der Waals surface area contributed by atoms with Crippen molar-refractivity contribution in [2.24, 2.45) is 0 Å². The Morgan fingerprint density at radius 3 is 2.26 bits per heavy atom. The molecule has 1 heterocycles. The van der Waals surface area contributed by atoms with Crippen LogP contribution in [0.1, 0.15) is 12.5 Å². The molecule has 1 saturated heterocycles. The molecule has 31 heavy (non-hydrogen) atoms. The third-order valence-corrected chi connectivity index (χ3v) is 7.86. The number of amides is 1. The molecule has 0 saturated carbocycles. The van der Waals surface area contributed by atoms with Crippen molar-refractivity contribution in [1.82, 2.24) is 9.21 Å². The van der Waals surface area contributed by atoms with Gasteiger partial charge in [0.15, 0.2) is 0 Å². The molecule has 0 aliphatic carbocycles. The van der Waals surface area contributed by atoms with Gasteiger partial charge in [0.2, 0.25) is 15.9 Å². The van der Waals surface area contributed by atoms with Crippen molar-refractivity contribution in [1.29, 1.82) is 0 Å². The summed E-state index contributed by atoms with van der Waals surface area (Å²) in [6, 6.07) is 20.3. The Balaban J connectivity index is 1.41. The van der Waals surface area contributed by atoms with Crippen molar-refractivity contribution >= 4 is 32.4 Å². The number of para-hydroxylation sites is 1. The number of hydrogen-bond donors (Lipinski definition) is 1. The molecule has 0 aromatic heterocycles. The van der Waals surface area contributed by atoms with Crippen LogP contribution in [0.5, 0.6) is 0 Å². The van der Waals surface area contributed by atoms with E-state index in [0.717, 1.165) is 22.0 Å². The zero-order chi connectivity index (χ0) is 22.0. The fourth-order valence-corrected chi connectivity index (χ4v) is 5.38. The van der Waals surface area contributed by atoms with Crippen LogP contribution in [0.3, 0.4) is 0 Å². The number of carbonyl (C=O) groups excluding carboxylic acids is 1. The number of benzene rings is 3. The van der Waals surface area contributed by atoms with E-state index in [2.05, 4.69) is 5.32 Å². The number of rotatable bonds is 5. The minimum atomic E-state index is -3.57. The van der Waals surface area contributed by atoms with E-state index in [1.165, 1.54) is 4.31 Å². The molecule has 6 nitrogen and oxygen atoms in total. The highest BCUT2D eigenvalue weighted by atomic mass is 32.2. The van der Waals surface area contributed by atoms with Gasteiger partial charge in [0, 0.05) is 31.9 Å². The van der Waals surface area contributed by atoms with Crippen LogP contribution >= 0.6 is 0 Å². The Labute approximate surface area is 183 Å². The lowest BCUT2D eigenvalue weighted by Crippen LogP contribution is -2.53. The molecule has 1 amide bonds. The standard InChI is InChI=1S/C24H27N3O3S/c1-18-7-3-6-10-23(18)25-24(28)19(2)26-13-15-27(16-14-26)31(29,30)22-12-11-20-8-4-5-9-21(20)17-22/h3-12,17,19H,13-16H2,1-2H3,(H,25,28). The lowest BCUT2D eigenvalue weighted by atomic mass is 10.1. The largest absolute Gasteiger partial charge is 0.324 e. The van der Waals surface area contributed by atoms with Gasteiger partial charge in [0.1, 0.15) is 0 Å². The van der Waals surface area contributed by atoms with Gasteiger partial charge in [-0.05, 0) is 48.4 Å². The number of hydrogen-bond acceptors (Lipinski definition) is 4. The molecule has 1 unspecified atom stereocenters. The minimum Gasteiger partial charge on any atom is -0.324 e. The second-order valence-electron chi connectivity index (χ2n) is 7.93. The van der Waals surface area contributed by atoms with E-state index in [0.29, 0.717) is 31.1 Å². The van der Waals surface area contributed by atoms with E-state index in [4.69, 9.17) is 0 Å². The number of nitrogens with one attached hydrogen (secondary N) is 1. The highest BCUT2D eigenvalue weighted by Gasteiger charge is 2.32. The Kier molecular flexibility index (Phi) is 6.09. The van der Waals surface area contributed by atoms with Crippen LogP contribution in [0, 0.1) is 6.92 Å². The first-order chi connectivity index (χ1) is 14.9. The quantitative estimate of drug-likeness (QED) is 0.664. The molecule has 1 N–H and O–H groups in total. The number of aryl methyl sites for hydroxylation is 1. The third kappa shape index (κ3) is 4.49. The van der Waals surface area contributed by atoms with Crippen LogP contribution < -0.4 is 5.32 Å². The SMILES string of the molecule is Cc1ccccc1NC(=O)C(C)N1CCN(S(=O)(=O)c2ccc3ccccc3c2)CC1. The zero-order valence-corrected chi connectivity index (χ0v) is 18.6. The second kappa shape index (κ2) is 8.78. The van der Waals surface area contributed by atoms with Crippen molar-refractivity contribution < 1.29 is 13.2 Å². The highest BCUT2D eigenvalue weighted by Crippen LogP contribution is 2.23. The molecule has 162 valence electrons. The molecule has 4 rings (SSSR count).